The van der Waals surface area contributed by atoms with Crippen molar-refractivity contribution in [2.24, 2.45) is 0 Å². The Hall–Kier alpha value is -1.32. The Kier molecular flexibility index (Phi) is 3.88. The maximum Gasteiger partial charge on any atom is 0.0613 e. The van der Waals surface area contributed by atoms with E-state index in [2.05, 4.69) is 37.7 Å². The summed E-state index contributed by atoms with van der Waals surface area (Å²) in [7, 11) is 3.83. The van der Waals surface area contributed by atoms with Crippen LogP contribution in [0, 0.1) is 0 Å². The topological polar surface area (TPSA) is 18.5 Å². The highest BCUT2D eigenvalue weighted by molar-refractivity contribution is 5.34. The molecule has 0 fully saturated rings. The van der Waals surface area contributed by atoms with Crippen molar-refractivity contribution < 1.29 is 0 Å². The van der Waals surface area contributed by atoms with E-state index in [0.29, 0.717) is 0 Å². The molecule has 1 N–H and O–H groups in total. The Labute approximate surface area is 92.0 Å². The predicted octanol–water partition coefficient (Wildman–Crippen LogP) is 2.20. The lowest BCUT2D eigenvalue weighted by atomic mass is 10.2. The van der Waals surface area contributed by atoms with Gasteiger partial charge in [0.25, 0.3) is 0 Å². The third-order valence-corrected chi connectivity index (χ3v) is 2.47. The van der Waals surface area contributed by atoms with Crippen molar-refractivity contribution in [1.29, 1.82) is 0 Å². The highest BCUT2D eigenvalue weighted by Gasteiger charge is 2.17. The van der Waals surface area contributed by atoms with Crippen molar-refractivity contribution >= 4 is 0 Å². The summed E-state index contributed by atoms with van der Waals surface area (Å²) in [4.78, 5) is 0. The maximum atomic E-state index is 4.07. The van der Waals surface area contributed by atoms with Crippen LogP contribution in [0.25, 0.3) is 0 Å². The first-order chi connectivity index (χ1) is 7.11. The minimum Gasteiger partial charge on any atom is -0.265 e. The summed E-state index contributed by atoms with van der Waals surface area (Å²) in [5.41, 5.74) is 6.34. The monoisotopic (exact) mass is 205 g/mol. The van der Waals surface area contributed by atoms with E-state index in [1.54, 1.807) is 0 Å². The summed E-state index contributed by atoms with van der Waals surface area (Å²) in [5.74, 6) is 0. The zero-order valence-electron chi connectivity index (χ0n) is 9.75. The van der Waals surface area contributed by atoms with Crippen LogP contribution in [0.1, 0.15) is 13.3 Å². The molecule has 0 radical (unpaired) electrons. The number of nitrogens with zero attached hydrogens (tertiary/aromatic N) is 2. The fourth-order valence-corrected chi connectivity index (χ4v) is 1.60. The molecule has 1 aliphatic rings. The number of nitrogens with one attached hydrogen (secondary N) is 1. The molecule has 0 unspecified atom stereocenters. The number of allylic oxidation sites excluding steroid dienone is 4. The minimum atomic E-state index is 0.848. The van der Waals surface area contributed by atoms with Gasteiger partial charge in [-0.1, -0.05) is 25.3 Å². The van der Waals surface area contributed by atoms with E-state index in [1.807, 2.05) is 30.3 Å². The number of rotatable bonds is 3. The summed E-state index contributed by atoms with van der Waals surface area (Å²) in [5, 5.41) is 3.93. The fraction of sp³-hybridized carbons (Fsp3) is 0.333. The Morgan fingerprint density at radius 1 is 1.60 bits per heavy atom. The summed E-state index contributed by atoms with van der Waals surface area (Å²) in [6, 6.07) is 0. The highest BCUT2D eigenvalue weighted by Crippen LogP contribution is 2.24. The summed E-state index contributed by atoms with van der Waals surface area (Å²) >= 11 is 0. The average Bonchev–Trinajstić information content (AvgIpc) is 2.36. The first-order valence-corrected chi connectivity index (χ1v) is 5.00. The van der Waals surface area contributed by atoms with Gasteiger partial charge in [0.15, 0.2) is 0 Å². The van der Waals surface area contributed by atoms with E-state index in [-0.39, 0.29) is 0 Å². The Morgan fingerprint density at radius 3 is 2.80 bits per heavy atom. The average molecular weight is 205 g/mol. The second-order valence-electron chi connectivity index (χ2n) is 3.50. The Bertz CT molecular complexity index is 326. The van der Waals surface area contributed by atoms with Crippen molar-refractivity contribution in [1.82, 2.24) is 15.6 Å². The number of hydrazine groups is 2. The minimum absolute atomic E-state index is 0.848. The molecule has 0 saturated heterocycles. The molecule has 0 saturated carbocycles. The predicted molar refractivity (Wildman–Crippen MR) is 64.5 cm³/mol. The van der Waals surface area contributed by atoms with Gasteiger partial charge in [0, 0.05) is 26.2 Å². The van der Waals surface area contributed by atoms with Crippen LogP contribution in [-0.4, -0.2) is 24.2 Å². The van der Waals surface area contributed by atoms with Crippen LogP contribution in [0.15, 0.2) is 48.4 Å². The Balaban J connectivity index is 3.13. The zero-order valence-corrected chi connectivity index (χ0v) is 9.75. The van der Waals surface area contributed by atoms with E-state index in [9.17, 15) is 0 Å². The lowest BCUT2D eigenvalue weighted by Crippen LogP contribution is -2.45. The first-order valence-electron chi connectivity index (χ1n) is 5.00. The summed E-state index contributed by atoms with van der Waals surface area (Å²) < 4.78 is 0. The van der Waals surface area contributed by atoms with Crippen molar-refractivity contribution in [3.05, 3.63) is 48.4 Å². The lowest BCUT2D eigenvalue weighted by molar-refractivity contribution is 0.0287. The van der Waals surface area contributed by atoms with E-state index < -0.39 is 0 Å². The molecule has 3 heteroatoms. The van der Waals surface area contributed by atoms with Gasteiger partial charge in [-0.2, -0.15) is 5.12 Å². The van der Waals surface area contributed by atoms with Crippen LogP contribution >= 0.6 is 0 Å². The lowest BCUT2D eigenvalue weighted by Gasteiger charge is -2.34. The normalized spacial score (nSPS) is 17.3. The largest absolute Gasteiger partial charge is 0.265 e. The molecule has 0 aliphatic carbocycles. The molecule has 1 rings (SSSR count). The van der Waals surface area contributed by atoms with E-state index in [4.69, 9.17) is 0 Å². The molecular formula is C12H19N3. The van der Waals surface area contributed by atoms with Crippen molar-refractivity contribution in [2.45, 2.75) is 13.3 Å². The van der Waals surface area contributed by atoms with Gasteiger partial charge in [-0.05, 0) is 18.6 Å². The van der Waals surface area contributed by atoms with Crippen molar-refractivity contribution in [3.8, 4) is 0 Å². The van der Waals surface area contributed by atoms with Crippen LogP contribution in [0.4, 0.5) is 0 Å². The summed E-state index contributed by atoms with van der Waals surface area (Å²) in [6.07, 6.45) is 6.92. The molecule has 1 aliphatic heterocycles. The third-order valence-electron chi connectivity index (χ3n) is 2.47. The molecule has 1 heterocycles. The molecule has 15 heavy (non-hydrogen) atoms. The molecule has 0 aromatic carbocycles. The SMILES string of the molecule is C=CC1=C(C)C=CCC(=C)N1N(C)NC. The zero-order chi connectivity index (χ0) is 11.4. The number of hydrogen-bond donors (Lipinski definition) is 1. The van der Waals surface area contributed by atoms with E-state index in [1.165, 1.54) is 5.57 Å². The third kappa shape index (κ3) is 2.37. The van der Waals surface area contributed by atoms with Gasteiger partial charge in [0.05, 0.1) is 5.70 Å². The number of hydrogen-bond acceptors (Lipinski definition) is 3. The first kappa shape index (κ1) is 11.8. The van der Waals surface area contributed by atoms with Gasteiger partial charge in [0.1, 0.15) is 0 Å². The molecule has 82 valence electrons. The van der Waals surface area contributed by atoms with E-state index in [0.717, 1.165) is 17.8 Å². The molecule has 0 aromatic heterocycles. The highest BCUT2D eigenvalue weighted by atomic mass is 15.8. The Morgan fingerprint density at radius 2 is 2.27 bits per heavy atom. The second-order valence-corrected chi connectivity index (χ2v) is 3.50. The van der Waals surface area contributed by atoms with Crippen LogP contribution in [0.2, 0.25) is 0 Å². The molecule has 0 atom stereocenters. The van der Waals surface area contributed by atoms with Crippen LogP contribution in [0.5, 0.6) is 0 Å². The van der Waals surface area contributed by atoms with E-state index >= 15 is 0 Å². The molecular weight excluding hydrogens is 186 g/mol. The second kappa shape index (κ2) is 4.96. The van der Waals surface area contributed by atoms with Crippen molar-refractivity contribution in [3.63, 3.8) is 0 Å². The molecule has 3 nitrogen and oxygen atoms in total. The standard InChI is InChI=1S/C12H19N3/c1-6-12-10(2)8-7-9-11(3)15(12)14(5)13-4/h6-8,13H,1,3,9H2,2,4-5H3. The molecule has 0 spiro atoms. The van der Waals surface area contributed by atoms with Crippen LogP contribution < -0.4 is 5.43 Å². The van der Waals surface area contributed by atoms with Gasteiger partial charge in [-0.25, -0.2) is 5.43 Å². The smallest absolute Gasteiger partial charge is 0.0613 e. The summed E-state index contributed by atoms with van der Waals surface area (Å²) in [6.45, 7) is 9.99. The quantitative estimate of drug-likeness (QED) is 0.713. The van der Waals surface area contributed by atoms with Crippen molar-refractivity contribution in [2.75, 3.05) is 14.1 Å². The van der Waals surface area contributed by atoms with Crippen LogP contribution in [0.3, 0.4) is 0 Å². The van der Waals surface area contributed by atoms with Gasteiger partial charge in [-0.3, -0.25) is 5.01 Å². The molecule has 0 amide bonds. The van der Waals surface area contributed by atoms with Gasteiger partial charge < -0.3 is 0 Å². The molecule has 0 aromatic rings. The maximum absolute atomic E-state index is 4.07. The van der Waals surface area contributed by atoms with Gasteiger partial charge >= 0.3 is 0 Å². The molecule has 0 bridgehead atoms. The van der Waals surface area contributed by atoms with Gasteiger partial charge in [-0.15, -0.1) is 0 Å². The van der Waals surface area contributed by atoms with Gasteiger partial charge in [0.2, 0.25) is 0 Å². The fourth-order valence-electron chi connectivity index (χ4n) is 1.60. The van der Waals surface area contributed by atoms with Crippen LogP contribution in [-0.2, 0) is 0 Å².